The molecule has 122 valence electrons. The molecular weight excluding hydrogens is 319 g/mol. The number of nitrogens with zero attached hydrogens (tertiary/aromatic N) is 1. The van der Waals surface area contributed by atoms with Gasteiger partial charge in [0.25, 0.3) is 0 Å². The molecule has 7 heteroatoms. The molecule has 0 spiro atoms. The van der Waals surface area contributed by atoms with Crippen molar-refractivity contribution in [3.8, 4) is 10.6 Å². The molecule has 0 radical (unpaired) electrons. The Bertz CT molecular complexity index is 715. The van der Waals surface area contributed by atoms with Crippen molar-refractivity contribution in [1.29, 1.82) is 0 Å². The Kier molecular flexibility index (Phi) is 5.44. The maximum absolute atomic E-state index is 13.7. The number of carboxylic acids is 1. The fourth-order valence-electron chi connectivity index (χ4n) is 2.05. The number of rotatable bonds is 6. The lowest BCUT2D eigenvalue weighted by Gasteiger charge is -2.17. The summed E-state index contributed by atoms with van der Waals surface area (Å²) >= 11 is 1.24. The summed E-state index contributed by atoms with van der Waals surface area (Å²) < 4.78 is 13.7. The lowest BCUT2D eigenvalue weighted by atomic mass is 10.0. The van der Waals surface area contributed by atoms with Crippen LogP contribution in [0.25, 0.3) is 10.6 Å². The van der Waals surface area contributed by atoms with Gasteiger partial charge in [-0.05, 0) is 18.1 Å². The summed E-state index contributed by atoms with van der Waals surface area (Å²) in [6.45, 7) is 3.44. The van der Waals surface area contributed by atoms with Crippen molar-refractivity contribution >= 4 is 23.2 Å². The lowest BCUT2D eigenvalue weighted by Crippen LogP contribution is -2.44. The van der Waals surface area contributed by atoms with Crippen molar-refractivity contribution in [2.75, 3.05) is 0 Å². The highest BCUT2D eigenvalue weighted by Crippen LogP contribution is 2.26. The molecule has 5 nitrogen and oxygen atoms in total. The number of benzene rings is 1. The molecule has 0 aliphatic rings. The smallest absolute Gasteiger partial charge is 0.326 e. The summed E-state index contributed by atoms with van der Waals surface area (Å²) in [5.74, 6) is -2.08. The normalized spacial score (nSPS) is 12.2. The van der Waals surface area contributed by atoms with Crippen LogP contribution >= 0.6 is 11.3 Å². The van der Waals surface area contributed by atoms with Crippen molar-refractivity contribution < 1.29 is 19.1 Å². The van der Waals surface area contributed by atoms with Crippen LogP contribution in [-0.4, -0.2) is 28.0 Å². The quantitative estimate of drug-likeness (QED) is 0.850. The first-order chi connectivity index (χ1) is 10.9. The summed E-state index contributed by atoms with van der Waals surface area (Å²) in [6, 6.07) is 5.35. The number of carbonyl (C=O) groups excluding carboxylic acids is 1. The van der Waals surface area contributed by atoms with Gasteiger partial charge in [-0.3, -0.25) is 4.79 Å². The minimum absolute atomic E-state index is 0.0402. The van der Waals surface area contributed by atoms with Crippen LogP contribution in [0.4, 0.5) is 4.39 Å². The highest BCUT2D eigenvalue weighted by atomic mass is 32.1. The Balaban J connectivity index is 2.06. The third kappa shape index (κ3) is 4.35. The largest absolute Gasteiger partial charge is 0.480 e. The number of carbonyl (C=O) groups is 2. The molecule has 23 heavy (non-hydrogen) atoms. The zero-order chi connectivity index (χ0) is 17.0. The SMILES string of the molecule is CC(C)C(NC(=O)Cc1csc(-c2ccccc2F)n1)C(=O)O. The summed E-state index contributed by atoms with van der Waals surface area (Å²) in [7, 11) is 0. The van der Waals surface area contributed by atoms with E-state index in [1.165, 1.54) is 17.4 Å². The minimum atomic E-state index is -1.07. The standard InChI is InChI=1S/C16H17FN2O3S/c1-9(2)14(16(21)22)19-13(20)7-10-8-23-15(18-10)11-5-3-4-6-12(11)17/h3-6,8-9,14H,7H2,1-2H3,(H,19,20)(H,21,22). The van der Waals surface area contributed by atoms with Crippen molar-refractivity contribution in [2.45, 2.75) is 26.3 Å². The van der Waals surface area contributed by atoms with E-state index >= 15 is 0 Å². The molecule has 2 N–H and O–H groups in total. The first-order valence-electron chi connectivity index (χ1n) is 7.10. The third-order valence-corrected chi connectivity index (χ3v) is 4.17. The van der Waals surface area contributed by atoms with Crippen LogP contribution in [0.15, 0.2) is 29.6 Å². The fraction of sp³-hybridized carbons (Fsp3) is 0.312. The first-order valence-corrected chi connectivity index (χ1v) is 7.98. The number of aliphatic carboxylic acids is 1. The number of nitrogens with one attached hydrogen (secondary N) is 1. The number of aromatic nitrogens is 1. The van der Waals surface area contributed by atoms with Gasteiger partial charge in [0.1, 0.15) is 16.9 Å². The first kappa shape index (κ1) is 17.1. The van der Waals surface area contributed by atoms with Crippen LogP contribution in [0.2, 0.25) is 0 Å². The average molecular weight is 336 g/mol. The van der Waals surface area contributed by atoms with Crippen LogP contribution in [0.5, 0.6) is 0 Å². The monoisotopic (exact) mass is 336 g/mol. The van der Waals surface area contributed by atoms with Gasteiger partial charge in [-0.15, -0.1) is 11.3 Å². The molecule has 0 aliphatic carbocycles. The van der Waals surface area contributed by atoms with Crippen LogP contribution < -0.4 is 5.32 Å². The van der Waals surface area contributed by atoms with Crippen molar-refractivity contribution in [1.82, 2.24) is 10.3 Å². The highest BCUT2D eigenvalue weighted by molar-refractivity contribution is 7.13. The number of hydrogen-bond acceptors (Lipinski definition) is 4. The second-order valence-corrected chi connectivity index (χ2v) is 6.29. The van der Waals surface area contributed by atoms with Gasteiger partial charge in [0, 0.05) is 10.9 Å². The molecular formula is C16H17FN2O3S. The van der Waals surface area contributed by atoms with E-state index < -0.39 is 17.9 Å². The Morgan fingerprint density at radius 3 is 2.65 bits per heavy atom. The molecule has 1 aromatic carbocycles. The molecule has 0 bridgehead atoms. The number of amides is 1. The molecule has 1 amide bonds. The fourth-order valence-corrected chi connectivity index (χ4v) is 2.90. The highest BCUT2D eigenvalue weighted by Gasteiger charge is 2.23. The van der Waals surface area contributed by atoms with Crippen LogP contribution in [0, 0.1) is 11.7 Å². The van der Waals surface area contributed by atoms with Crippen LogP contribution in [0.1, 0.15) is 19.5 Å². The van der Waals surface area contributed by atoms with Crippen molar-refractivity contribution in [3.63, 3.8) is 0 Å². The van der Waals surface area contributed by atoms with Crippen molar-refractivity contribution in [3.05, 3.63) is 41.2 Å². The Morgan fingerprint density at radius 1 is 1.35 bits per heavy atom. The molecule has 0 fully saturated rings. The van der Waals surface area contributed by atoms with Gasteiger partial charge in [-0.1, -0.05) is 26.0 Å². The molecule has 1 aromatic heterocycles. The minimum Gasteiger partial charge on any atom is -0.480 e. The van der Waals surface area contributed by atoms with Gasteiger partial charge in [-0.25, -0.2) is 14.2 Å². The van der Waals surface area contributed by atoms with E-state index in [-0.39, 0.29) is 18.2 Å². The molecule has 1 heterocycles. The van der Waals surface area contributed by atoms with E-state index in [4.69, 9.17) is 5.11 Å². The summed E-state index contributed by atoms with van der Waals surface area (Å²) in [4.78, 5) is 27.3. The predicted molar refractivity (Wildman–Crippen MR) is 85.6 cm³/mol. The summed E-state index contributed by atoms with van der Waals surface area (Å²) in [6.07, 6.45) is -0.0402. The number of carboxylic acid groups (broad SMARTS) is 1. The zero-order valence-corrected chi connectivity index (χ0v) is 13.6. The number of halogens is 1. The maximum Gasteiger partial charge on any atom is 0.326 e. The van der Waals surface area contributed by atoms with Crippen molar-refractivity contribution in [2.24, 2.45) is 5.92 Å². The van der Waals surface area contributed by atoms with E-state index in [1.807, 2.05) is 0 Å². The third-order valence-electron chi connectivity index (χ3n) is 3.25. The van der Waals surface area contributed by atoms with E-state index in [1.54, 1.807) is 37.4 Å². The van der Waals surface area contributed by atoms with Gasteiger partial charge in [-0.2, -0.15) is 0 Å². The molecule has 0 saturated heterocycles. The van der Waals surface area contributed by atoms with E-state index in [0.717, 1.165) is 0 Å². The van der Waals surface area contributed by atoms with E-state index in [9.17, 15) is 14.0 Å². The molecule has 1 atom stereocenters. The predicted octanol–water partition coefficient (Wildman–Crippen LogP) is 2.72. The van der Waals surface area contributed by atoms with Crippen LogP contribution in [-0.2, 0) is 16.0 Å². The Labute approximate surface area is 137 Å². The Hall–Kier alpha value is -2.28. The lowest BCUT2D eigenvalue weighted by molar-refractivity contribution is -0.143. The maximum atomic E-state index is 13.7. The second-order valence-electron chi connectivity index (χ2n) is 5.43. The zero-order valence-electron chi connectivity index (χ0n) is 12.7. The van der Waals surface area contributed by atoms with Gasteiger partial charge in [0.2, 0.25) is 5.91 Å². The second kappa shape index (κ2) is 7.32. The molecule has 0 aliphatic heterocycles. The topological polar surface area (TPSA) is 79.3 Å². The van der Waals surface area contributed by atoms with E-state index in [0.29, 0.717) is 16.3 Å². The Morgan fingerprint density at radius 2 is 2.04 bits per heavy atom. The van der Waals surface area contributed by atoms with E-state index in [2.05, 4.69) is 10.3 Å². The van der Waals surface area contributed by atoms with Gasteiger partial charge in [0.05, 0.1) is 12.1 Å². The molecule has 2 rings (SSSR count). The van der Waals surface area contributed by atoms with Gasteiger partial charge in [0.15, 0.2) is 0 Å². The number of hydrogen-bond donors (Lipinski definition) is 2. The van der Waals surface area contributed by atoms with Gasteiger partial charge >= 0.3 is 5.97 Å². The molecule has 2 aromatic rings. The molecule has 0 saturated carbocycles. The summed E-state index contributed by atoms with van der Waals surface area (Å²) in [5, 5.41) is 13.7. The molecule has 1 unspecified atom stereocenters. The number of thiazole rings is 1. The van der Waals surface area contributed by atoms with Gasteiger partial charge < -0.3 is 10.4 Å². The summed E-state index contributed by atoms with van der Waals surface area (Å²) in [5.41, 5.74) is 0.869. The van der Waals surface area contributed by atoms with Crippen LogP contribution in [0.3, 0.4) is 0 Å². The average Bonchev–Trinajstić information content (AvgIpc) is 2.92.